The Morgan fingerprint density at radius 1 is 1.09 bits per heavy atom. The maximum Gasteiger partial charge on any atom is 0.163 e. The van der Waals surface area contributed by atoms with Crippen LogP contribution in [0.25, 0.3) is 28.0 Å². The molecule has 7 heteroatoms. The van der Waals surface area contributed by atoms with Gasteiger partial charge in [0, 0.05) is 35.7 Å². The molecule has 0 spiro atoms. The van der Waals surface area contributed by atoms with Gasteiger partial charge < -0.3 is 4.98 Å². The molecule has 4 heterocycles. The minimum absolute atomic E-state index is 0.340. The number of fused-ring (bicyclic) bond motifs is 1. The molecule has 0 unspecified atom stereocenters. The largest absolute Gasteiger partial charge is 0.345 e. The van der Waals surface area contributed by atoms with E-state index in [0.29, 0.717) is 35.4 Å². The highest BCUT2D eigenvalue weighted by Crippen LogP contribution is 2.36. The van der Waals surface area contributed by atoms with Gasteiger partial charge in [-0.1, -0.05) is 25.8 Å². The van der Waals surface area contributed by atoms with Gasteiger partial charge in [-0.05, 0) is 54.4 Å². The lowest BCUT2D eigenvalue weighted by Crippen LogP contribution is -2.19. The van der Waals surface area contributed by atoms with Crippen molar-refractivity contribution in [3.63, 3.8) is 0 Å². The van der Waals surface area contributed by atoms with E-state index in [2.05, 4.69) is 36.5 Å². The van der Waals surface area contributed by atoms with Crippen LogP contribution in [0.1, 0.15) is 43.4 Å². The minimum Gasteiger partial charge on any atom is -0.345 e. The van der Waals surface area contributed by atoms with E-state index in [9.17, 15) is 4.39 Å². The van der Waals surface area contributed by atoms with Crippen LogP contribution < -0.4 is 0 Å². The molecule has 4 aromatic rings. The zero-order chi connectivity index (χ0) is 21.9. The van der Waals surface area contributed by atoms with Gasteiger partial charge in [0.2, 0.25) is 0 Å². The van der Waals surface area contributed by atoms with E-state index in [0.717, 1.165) is 47.8 Å². The Labute approximate surface area is 186 Å². The lowest BCUT2D eigenvalue weighted by molar-refractivity contribution is 0.265. The molecule has 0 bridgehead atoms. The van der Waals surface area contributed by atoms with Crippen LogP contribution in [-0.4, -0.2) is 29.9 Å². The zero-order valence-electron chi connectivity index (χ0n) is 17.8. The van der Waals surface area contributed by atoms with Gasteiger partial charge in [-0.15, -0.1) is 0 Å². The van der Waals surface area contributed by atoms with Crippen molar-refractivity contribution in [3.8, 4) is 11.4 Å². The van der Waals surface area contributed by atoms with E-state index in [1.54, 1.807) is 24.8 Å². The normalized spacial score (nSPS) is 18.7. The summed E-state index contributed by atoms with van der Waals surface area (Å²) in [6.45, 7) is 4.29. The lowest BCUT2D eigenvalue weighted by Gasteiger charge is -2.29. The topological polar surface area (TPSA) is 80.2 Å². The summed E-state index contributed by atoms with van der Waals surface area (Å²) >= 11 is 0. The zero-order valence-corrected chi connectivity index (χ0v) is 17.8. The summed E-state index contributed by atoms with van der Waals surface area (Å²) in [5, 5.41) is 0.831. The fraction of sp³-hybridized carbons (Fsp3) is 0.320. The molecule has 1 fully saturated rings. The van der Waals surface area contributed by atoms with Gasteiger partial charge in [0.05, 0.1) is 11.9 Å². The number of nitrogens with one attached hydrogen (secondary N) is 1. The third-order valence-electron chi connectivity index (χ3n) is 6.41. The summed E-state index contributed by atoms with van der Waals surface area (Å²) < 4.78 is 14.6. The van der Waals surface area contributed by atoms with Crippen molar-refractivity contribution in [1.82, 2.24) is 29.9 Å². The Morgan fingerprint density at radius 2 is 1.94 bits per heavy atom. The molecule has 1 aliphatic rings. The fourth-order valence-corrected chi connectivity index (χ4v) is 4.82. The monoisotopic (exact) mass is 428 g/mol. The van der Waals surface area contributed by atoms with Gasteiger partial charge in [0.15, 0.2) is 11.6 Å². The van der Waals surface area contributed by atoms with Crippen molar-refractivity contribution in [1.29, 1.82) is 0 Å². The van der Waals surface area contributed by atoms with E-state index >= 15 is 0 Å². The maximum atomic E-state index is 14.6. The number of H-pyrrole nitrogens is 1. The number of hydrogen-bond acceptors (Lipinski definition) is 5. The molecular weight excluding hydrogens is 403 g/mol. The van der Waals surface area contributed by atoms with Crippen molar-refractivity contribution in [2.75, 3.05) is 0 Å². The number of allylic oxidation sites excluding steroid dienone is 1. The van der Waals surface area contributed by atoms with Crippen LogP contribution in [-0.2, 0) is 6.42 Å². The predicted octanol–water partition coefficient (Wildman–Crippen LogP) is 5.40. The first-order valence-electron chi connectivity index (χ1n) is 11.0. The summed E-state index contributed by atoms with van der Waals surface area (Å²) in [7, 11) is 0. The third-order valence-corrected chi connectivity index (χ3v) is 6.41. The SMILES string of the molecule is C=C(C[C@H]1CCC[C@@H](Cc2nc(-c3c[nH]c4ncncc34)ncc2F)C1)c1ccncc1. The lowest BCUT2D eigenvalue weighted by atomic mass is 9.76. The molecule has 0 aromatic carbocycles. The molecule has 0 amide bonds. The number of pyridine rings is 1. The van der Waals surface area contributed by atoms with E-state index < -0.39 is 0 Å². The third kappa shape index (κ3) is 4.28. The first-order valence-corrected chi connectivity index (χ1v) is 11.0. The molecule has 162 valence electrons. The Kier molecular flexibility index (Phi) is 5.71. The van der Waals surface area contributed by atoms with Crippen LogP contribution in [0.4, 0.5) is 4.39 Å². The summed E-state index contributed by atoms with van der Waals surface area (Å²) in [5.74, 6) is 1.13. The smallest absolute Gasteiger partial charge is 0.163 e. The van der Waals surface area contributed by atoms with Crippen molar-refractivity contribution in [2.45, 2.75) is 38.5 Å². The second-order valence-electron chi connectivity index (χ2n) is 8.62. The Bertz CT molecular complexity index is 1240. The maximum absolute atomic E-state index is 14.6. The van der Waals surface area contributed by atoms with Gasteiger partial charge in [-0.2, -0.15) is 0 Å². The Balaban J connectivity index is 1.30. The van der Waals surface area contributed by atoms with Gasteiger partial charge in [0.25, 0.3) is 0 Å². The number of aromatic nitrogens is 6. The second kappa shape index (κ2) is 8.94. The molecule has 0 radical (unpaired) electrons. The van der Waals surface area contributed by atoms with Crippen molar-refractivity contribution in [2.24, 2.45) is 11.8 Å². The number of rotatable bonds is 6. The van der Waals surface area contributed by atoms with Crippen LogP contribution in [0.15, 0.2) is 56.0 Å². The molecule has 5 rings (SSSR count). The molecule has 2 atom stereocenters. The average Bonchev–Trinajstić information content (AvgIpc) is 3.26. The van der Waals surface area contributed by atoms with Crippen molar-refractivity contribution in [3.05, 3.63) is 73.1 Å². The van der Waals surface area contributed by atoms with E-state index in [1.807, 2.05) is 12.1 Å². The van der Waals surface area contributed by atoms with E-state index in [1.165, 1.54) is 18.9 Å². The molecule has 0 aliphatic heterocycles. The van der Waals surface area contributed by atoms with E-state index in [4.69, 9.17) is 0 Å². The Morgan fingerprint density at radius 3 is 2.81 bits per heavy atom. The molecule has 1 N–H and O–H groups in total. The first kappa shape index (κ1) is 20.4. The summed E-state index contributed by atoms with van der Waals surface area (Å²) in [6.07, 6.45) is 16.0. The van der Waals surface area contributed by atoms with Gasteiger partial charge in [-0.25, -0.2) is 24.3 Å². The van der Waals surface area contributed by atoms with Crippen molar-refractivity contribution < 1.29 is 4.39 Å². The first-order chi connectivity index (χ1) is 15.7. The molecule has 4 aromatic heterocycles. The predicted molar refractivity (Wildman–Crippen MR) is 122 cm³/mol. The average molecular weight is 429 g/mol. The highest BCUT2D eigenvalue weighted by Gasteiger charge is 2.25. The molecule has 1 aliphatic carbocycles. The standard InChI is InChI=1S/C25H25FN6/c1-16(19-5-7-27-8-6-19)9-17-3-2-4-18(10-17)11-23-22(26)14-30-25(32-23)21-13-29-24-20(21)12-28-15-31-24/h5-8,12-15,17-18H,1-4,9-11H2,(H,28,29,31)/t17-,18-/m1/s1. The van der Waals surface area contributed by atoms with Crippen molar-refractivity contribution >= 4 is 16.6 Å². The van der Waals surface area contributed by atoms with Crippen LogP contribution in [0.2, 0.25) is 0 Å². The Hall–Kier alpha value is -3.48. The van der Waals surface area contributed by atoms with Crippen LogP contribution in [0, 0.1) is 17.7 Å². The van der Waals surface area contributed by atoms with Crippen LogP contribution in [0.3, 0.4) is 0 Å². The number of hydrogen-bond donors (Lipinski definition) is 1. The highest BCUT2D eigenvalue weighted by atomic mass is 19.1. The van der Waals surface area contributed by atoms with E-state index in [-0.39, 0.29) is 5.82 Å². The summed E-state index contributed by atoms with van der Waals surface area (Å²) in [6, 6.07) is 4.02. The van der Waals surface area contributed by atoms with Crippen LogP contribution in [0.5, 0.6) is 0 Å². The van der Waals surface area contributed by atoms with Gasteiger partial charge >= 0.3 is 0 Å². The number of aromatic amines is 1. The van der Waals surface area contributed by atoms with Crippen LogP contribution >= 0.6 is 0 Å². The second-order valence-corrected chi connectivity index (χ2v) is 8.62. The molecule has 0 saturated heterocycles. The quantitative estimate of drug-likeness (QED) is 0.445. The number of nitrogens with zero attached hydrogens (tertiary/aromatic N) is 5. The fourth-order valence-electron chi connectivity index (χ4n) is 4.82. The summed E-state index contributed by atoms with van der Waals surface area (Å²) in [4.78, 5) is 24.3. The molecule has 1 saturated carbocycles. The minimum atomic E-state index is -0.340. The van der Waals surface area contributed by atoms with Gasteiger partial charge in [-0.3, -0.25) is 4.98 Å². The van der Waals surface area contributed by atoms with Gasteiger partial charge in [0.1, 0.15) is 12.0 Å². The summed E-state index contributed by atoms with van der Waals surface area (Å²) in [5.41, 5.74) is 4.29. The highest BCUT2D eigenvalue weighted by molar-refractivity contribution is 5.90. The number of halogens is 1. The molecule has 6 nitrogen and oxygen atoms in total. The molecule has 32 heavy (non-hydrogen) atoms. The molecular formula is C25H25FN6.